The molecule has 0 bridgehead atoms. The Morgan fingerprint density at radius 2 is 1.72 bits per heavy atom. The van der Waals surface area contributed by atoms with Crippen molar-refractivity contribution in [3.8, 4) is 0 Å². The van der Waals surface area contributed by atoms with Gasteiger partial charge >= 0.3 is 5.97 Å². The van der Waals surface area contributed by atoms with E-state index < -0.39 is 12.0 Å². The largest absolute Gasteiger partial charge is 0.480 e. The highest BCUT2D eigenvalue weighted by molar-refractivity contribution is 6.02. The molecule has 0 radical (unpaired) electrons. The van der Waals surface area contributed by atoms with E-state index in [9.17, 15) is 14.7 Å². The van der Waals surface area contributed by atoms with Gasteiger partial charge in [-0.1, -0.05) is 48.5 Å². The van der Waals surface area contributed by atoms with Crippen LogP contribution in [-0.2, 0) is 16.0 Å². The van der Waals surface area contributed by atoms with Crippen LogP contribution in [0.1, 0.15) is 18.4 Å². The van der Waals surface area contributed by atoms with Crippen LogP contribution in [0.3, 0.4) is 0 Å². The molecular weight excluding hydrogens is 316 g/mol. The van der Waals surface area contributed by atoms with Crippen molar-refractivity contribution in [2.75, 3.05) is 11.4 Å². The third kappa shape index (κ3) is 4.06. The number of anilines is 1. The highest BCUT2D eigenvalue weighted by atomic mass is 16.4. The van der Waals surface area contributed by atoms with Gasteiger partial charge in [-0.2, -0.15) is 0 Å². The number of nitrogens with one attached hydrogen (secondary N) is 1. The smallest absolute Gasteiger partial charge is 0.327 e. The number of rotatable bonds is 6. The molecule has 1 saturated heterocycles. The zero-order valence-corrected chi connectivity index (χ0v) is 14.0. The van der Waals surface area contributed by atoms with Crippen LogP contribution in [0, 0.1) is 0 Å². The molecule has 1 unspecified atom stereocenters. The van der Waals surface area contributed by atoms with Gasteiger partial charge in [-0.05, 0) is 37.1 Å². The monoisotopic (exact) mass is 338 g/mol. The van der Waals surface area contributed by atoms with Crippen LogP contribution in [0.4, 0.5) is 5.69 Å². The lowest BCUT2D eigenvalue weighted by Gasteiger charge is -2.31. The van der Waals surface area contributed by atoms with Crippen LogP contribution in [-0.4, -0.2) is 35.6 Å². The van der Waals surface area contributed by atoms with E-state index in [1.165, 1.54) is 4.90 Å². The van der Waals surface area contributed by atoms with E-state index in [1.807, 2.05) is 48.5 Å². The summed E-state index contributed by atoms with van der Waals surface area (Å²) < 4.78 is 0. The number of carbonyl (C=O) groups excluding carboxylic acids is 1. The molecule has 2 aromatic rings. The molecule has 25 heavy (non-hydrogen) atoms. The molecule has 0 aromatic heterocycles. The number of carbonyl (C=O) groups is 2. The van der Waals surface area contributed by atoms with Crippen molar-refractivity contribution in [3.63, 3.8) is 0 Å². The van der Waals surface area contributed by atoms with Crippen LogP contribution in [0.5, 0.6) is 0 Å². The normalized spacial score (nSPS) is 17.8. The molecule has 1 aliphatic heterocycles. The Bertz CT molecular complexity index is 712. The lowest BCUT2D eigenvalue weighted by molar-refractivity contribution is -0.140. The molecule has 5 nitrogen and oxygen atoms in total. The second-order valence-corrected chi connectivity index (χ2v) is 6.24. The lowest BCUT2D eigenvalue weighted by Crippen LogP contribution is -2.52. The van der Waals surface area contributed by atoms with E-state index in [2.05, 4.69) is 5.32 Å². The first-order valence-electron chi connectivity index (χ1n) is 8.55. The van der Waals surface area contributed by atoms with Crippen LogP contribution in [0.15, 0.2) is 60.7 Å². The lowest BCUT2D eigenvalue weighted by atomic mass is 10.0. The van der Waals surface area contributed by atoms with E-state index in [0.29, 0.717) is 5.69 Å². The summed E-state index contributed by atoms with van der Waals surface area (Å²) in [6.45, 7) is 0.787. The van der Waals surface area contributed by atoms with Crippen molar-refractivity contribution in [3.05, 3.63) is 66.2 Å². The second kappa shape index (κ2) is 7.94. The van der Waals surface area contributed by atoms with Gasteiger partial charge in [0, 0.05) is 12.1 Å². The molecule has 0 spiro atoms. The van der Waals surface area contributed by atoms with Gasteiger partial charge < -0.3 is 10.4 Å². The van der Waals surface area contributed by atoms with Crippen molar-refractivity contribution in [2.24, 2.45) is 0 Å². The molecule has 3 rings (SSSR count). The standard InChI is InChI=1S/C20H22N2O3/c23-19(17-12-7-13-21-17)22(16-10-5-2-6-11-16)18(20(24)25)14-15-8-3-1-4-9-15/h1-6,8-11,17-18,21H,7,12-14H2,(H,24,25)/t17-,18?/m0/s1. The van der Waals surface area contributed by atoms with Gasteiger partial charge in [-0.3, -0.25) is 9.69 Å². The van der Waals surface area contributed by atoms with Gasteiger partial charge in [0.15, 0.2) is 0 Å². The molecular formula is C20H22N2O3. The molecule has 5 heteroatoms. The van der Waals surface area contributed by atoms with Crippen molar-refractivity contribution < 1.29 is 14.7 Å². The fraction of sp³-hybridized carbons (Fsp3) is 0.300. The molecule has 1 fully saturated rings. The molecule has 130 valence electrons. The zero-order chi connectivity index (χ0) is 17.6. The van der Waals surface area contributed by atoms with Gasteiger partial charge in [0.2, 0.25) is 5.91 Å². The summed E-state index contributed by atoms with van der Waals surface area (Å²) in [7, 11) is 0. The third-order valence-corrected chi connectivity index (χ3v) is 4.50. The number of hydrogen-bond donors (Lipinski definition) is 2. The summed E-state index contributed by atoms with van der Waals surface area (Å²) in [5, 5.41) is 13.0. The summed E-state index contributed by atoms with van der Waals surface area (Å²) in [6.07, 6.45) is 1.93. The predicted molar refractivity (Wildman–Crippen MR) is 96.5 cm³/mol. The Kier molecular flexibility index (Phi) is 5.46. The number of carboxylic acid groups (broad SMARTS) is 1. The van der Waals surface area contributed by atoms with E-state index >= 15 is 0 Å². The van der Waals surface area contributed by atoms with Crippen LogP contribution in [0.25, 0.3) is 0 Å². The van der Waals surface area contributed by atoms with Crippen LogP contribution in [0.2, 0.25) is 0 Å². The van der Waals surface area contributed by atoms with Crippen molar-refractivity contribution in [1.29, 1.82) is 0 Å². The van der Waals surface area contributed by atoms with Gasteiger partial charge in [0.25, 0.3) is 0 Å². The minimum absolute atomic E-state index is 0.174. The first kappa shape index (κ1) is 17.2. The van der Waals surface area contributed by atoms with Gasteiger partial charge in [-0.25, -0.2) is 4.79 Å². The fourth-order valence-electron chi connectivity index (χ4n) is 3.24. The molecule has 0 aliphatic carbocycles. The number of carboxylic acids is 1. The minimum Gasteiger partial charge on any atom is -0.480 e. The molecule has 1 heterocycles. The van der Waals surface area contributed by atoms with E-state index in [-0.39, 0.29) is 18.4 Å². The predicted octanol–water partition coefficient (Wildman–Crippen LogP) is 2.47. The molecule has 0 saturated carbocycles. The topological polar surface area (TPSA) is 69.6 Å². The van der Waals surface area contributed by atoms with Gasteiger partial charge in [0.1, 0.15) is 6.04 Å². The van der Waals surface area contributed by atoms with Gasteiger partial charge in [-0.15, -0.1) is 0 Å². The van der Waals surface area contributed by atoms with Gasteiger partial charge in [0.05, 0.1) is 6.04 Å². The highest BCUT2D eigenvalue weighted by Gasteiger charge is 2.35. The number of amides is 1. The zero-order valence-electron chi connectivity index (χ0n) is 14.0. The second-order valence-electron chi connectivity index (χ2n) is 6.24. The van der Waals surface area contributed by atoms with Crippen LogP contribution >= 0.6 is 0 Å². The Morgan fingerprint density at radius 3 is 2.28 bits per heavy atom. The first-order valence-corrected chi connectivity index (χ1v) is 8.55. The number of aliphatic carboxylic acids is 1. The quantitative estimate of drug-likeness (QED) is 0.849. The van der Waals surface area contributed by atoms with E-state index in [0.717, 1.165) is 24.9 Å². The Balaban J connectivity index is 1.95. The van der Waals surface area contributed by atoms with E-state index in [4.69, 9.17) is 0 Å². The Labute approximate surface area is 147 Å². The number of hydrogen-bond acceptors (Lipinski definition) is 3. The molecule has 2 N–H and O–H groups in total. The maximum Gasteiger partial charge on any atom is 0.327 e. The maximum atomic E-state index is 13.1. The minimum atomic E-state index is -1.00. The summed E-state index contributed by atoms with van der Waals surface area (Å²) in [5.74, 6) is -1.17. The highest BCUT2D eigenvalue weighted by Crippen LogP contribution is 2.23. The summed E-state index contributed by atoms with van der Waals surface area (Å²) in [4.78, 5) is 26.5. The van der Waals surface area contributed by atoms with Crippen LogP contribution < -0.4 is 10.2 Å². The number of para-hydroxylation sites is 1. The fourth-order valence-corrected chi connectivity index (χ4v) is 3.24. The number of benzene rings is 2. The number of nitrogens with zero attached hydrogens (tertiary/aromatic N) is 1. The Hall–Kier alpha value is -2.66. The average molecular weight is 338 g/mol. The maximum absolute atomic E-state index is 13.1. The first-order chi connectivity index (χ1) is 12.2. The molecule has 1 amide bonds. The molecule has 2 atom stereocenters. The van der Waals surface area contributed by atoms with Crippen molar-refractivity contribution in [2.45, 2.75) is 31.3 Å². The summed E-state index contributed by atoms with van der Waals surface area (Å²) >= 11 is 0. The molecule has 1 aliphatic rings. The Morgan fingerprint density at radius 1 is 1.08 bits per heavy atom. The van der Waals surface area contributed by atoms with Crippen molar-refractivity contribution >= 4 is 17.6 Å². The van der Waals surface area contributed by atoms with E-state index in [1.54, 1.807) is 12.1 Å². The average Bonchev–Trinajstić information content (AvgIpc) is 3.17. The summed E-state index contributed by atoms with van der Waals surface area (Å²) in [6, 6.07) is 17.2. The SMILES string of the molecule is O=C(O)C(Cc1ccccc1)N(C(=O)[C@@H]1CCCN1)c1ccccc1. The summed E-state index contributed by atoms with van der Waals surface area (Å²) in [5.41, 5.74) is 1.51. The molecule has 2 aromatic carbocycles. The third-order valence-electron chi connectivity index (χ3n) is 4.50. The van der Waals surface area contributed by atoms with Crippen molar-refractivity contribution in [1.82, 2.24) is 5.32 Å².